The van der Waals surface area contributed by atoms with Crippen molar-refractivity contribution < 1.29 is 17.9 Å². The molecule has 0 aliphatic rings. The van der Waals surface area contributed by atoms with Crippen LogP contribution in [0.5, 0.6) is 5.75 Å². The Kier molecular flexibility index (Phi) is 6.64. The first-order chi connectivity index (χ1) is 9.77. The van der Waals surface area contributed by atoms with Crippen LogP contribution in [0.4, 0.5) is 0 Å². The molecule has 0 spiro atoms. The highest BCUT2D eigenvalue weighted by molar-refractivity contribution is 7.89. The van der Waals surface area contributed by atoms with Gasteiger partial charge >= 0.3 is 0 Å². The molecule has 0 aliphatic heterocycles. The minimum atomic E-state index is -3.71. The molecule has 1 rings (SSSR count). The van der Waals surface area contributed by atoms with E-state index in [-0.39, 0.29) is 10.8 Å². The lowest BCUT2D eigenvalue weighted by atomic mass is 10.0. The smallest absolute Gasteiger partial charge is 0.238 e. The van der Waals surface area contributed by atoms with Gasteiger partial charge in [0.05, 0.1) is 11.5 Å². The molecule has 2 N–H and O–H groups in total. The summed E-state index contributed by atoms with van der Waals surface area (Å²) in [7, 11) is -3.71. The fourth-order valence-electron chi connectivity index (χ4n) is 2.05. The van der Waals surface area contributed by atoms with Crippen molar-refractivity contribution in [3.63, 3.8) is 0 Å². The number of primary sulfonamides is 1. The first-order valence-corrected chi connectivity index (χ1v) is 8.69. The second-order valence-corrected chi connectivity index (χ2v) is 6.78. The molecule has 1 aromatic rings. The lowest BCUT2D eigenvalue weighted by molar-refractivity contribution is 0.130. The molecule has 0 saturated heterocycles. The molecule has 0 radical (unpaired) electrons. The van der Waals surface area contributed by atoms with E-state index in [9.17, 15) is 8.42 Å². The first kappa shape index (κ1) is 17.9. The average molecular weight is 315 g/mol. The number of rotatable bonds is 8. The first-order valence-electron chi connectivity index (χ1n) is 7.15. The molecule has 0 heterocycles. The monoisotopic (exact) mass is 315 g/mol. The van der Waals surface area contributed by atoms with Gasteiger partial charge in [-0.2, -0.15) is 0 Å². The largest absolute Gasteiger partial charge is 0.493 e. The van der Waals surface area contributed by atoms with Crippen molar-refractivity contribution in [2.75, 3.05) is 19.8 Å². The van der Waals surface area contributed by atoms with E-state index in [2.05, 4.69) is 0 Å². The van der Waals surface area contributed by atoms with Gasteiger partial charge in [0, 0.05) is 19.6 Å². The predicted molar refractivity (Wildman–Crippen MR) is 83.2 cm³/mol. The summed E-state index contributed by atoms with van der Waals surface area (Å²) < 4.78 is 34.2. The SMILES string of the molecule is CCOCCCOc1cc(C)c(S(N)(=O)=O)cc1C(C)C. The van der Waals surface area contributed by atoms with E-state index in [0.29, 0.717) is 31.1 Å². The van der Waals surface area contributed by atoms with Crippen LogP contribution in [0.2, 0.25) is 0 Å². The summed E-state index contributed by atoms with van der Waals surface area (Å²) in [5.41, 5.74) is 1.45. The van der Waals surface area contributed by atoms with Crippen molar-refractivity contribution in [3.8, 4) is 5.75 Å². The van der Waals surface area contributed by atoms with Gasteiger partial charge in [-0.25, -0.2) is 13.6 Å². The molecule has 0 fully saturated rings. The third-order valence-electron chi connectivity index (χ3n) is 3.13. The fourth-order valence-corrected chi connectivity index (χ4v) is 2.85. The summed E-state index contributed by atoms with van der Waals surface area (Å²) >= 11 is 0. The highest BCUT2D eigenvalue weighted by atomic mass is 32.2. The number of ether oxygens (including phenoxy) is 2. The van der Waals surface area contributed by atoms with Crippen LogP contribution >= 0.6 is 0 Å². The molecule has 1 aromatic carbocycles. The zero-order chi connectivity index (χ0) is 16.0. The summed E-state index contributed by atoms with van der Waals surface area (Å²) in [5.74, 6) is 0.861. The Morgan fingerprint density at radius 2 is 1.90 bits per heavy atom. The topological polar surface area (TPSA) is 78.6 Å². The third kappa shape index (κ3) is 5.30. The van der Waals surface area contributed by atoms with Crippen LogP contribution in [0.15, 0.2) is 17.0 Å². The number of sulfonamides is 1. The average Bonchev–Trinajstić information content (AvgIpc) is 2.36. The maximum atomic E-state index is 11.6. The van der Waals surface area contributed by atoms with Crippen molar-refractivity contribution >= 4 is 10.0 Å². The Hall–Kier alpha value is -1.11. The minimum absolute atomic E-state index is 0.146. The van der Waals surface area contributed by atoms with E-state index in [1.54, 1.807) is 19.1 Å². The summed E-state index contributed by atoms with van der Waals surface area (Å²) in [5, 5.41) is 5.25. The van der Waals surface area contributed by atoms with Crippen molar-refractivity contribution in [2.24, 2.45) is 5.14 Å². The Balaban J connectivity index is 2.96. The van der Waals surface area contributed by atoms with Crippen molar-refractivity contribution in [1.82, 2.24) is 0 Å². The molecule has 0 bridgehead atoms. The number of hydrogen-bond acceptors (Lipinski definition) is 4. The highest BCUT2D eigenvalue weighted by Gasteiger charge is 2.17. The van der Waals surface area contributed by atoms with Gasteiger partial charge in [0.25, 0.3) is 0 Å². The van der Waals surface area contributed by atoms with Gasteiger partial charge in [-0.05, 0) is 43.0 Å². The molecular weight excluding hydrogens is 290 g/mol. The quantitative estimate of drug-likeness (QED) is 0.748. The Labute approximate surface area is 127 Å². The zero-order valence-electron chi connectivity index (χ0n) is 13.2. The van der Waals surface area contributed by atoms with Crippen LogP contribution in [0.3, 0.4) is 0 Å². The van der Waals surface area contributed by atoms with E-state index in [4.69, 9.17) is 14.6 Å². The van der Waals surface area contributed by atoms with Crippen LogP contribution in [-0.2, 0) is 14.8 Å². The fraction of sp³-hybridized carbons (Fsp3) is 0.600. The molecule has 0 amide bonds. The van der Waals surface area contributed by atoms with Crippen LogP contribution in [0, 0.1) is 6.92 Å². The van der Waals surface area contributed by atoms with Crippen LogP contribution in [0.1, 0.15) is 44.2 Å². The van der Waals surface area contributed by atoms with Crippen molar-refractivity contribution in [3.05, 3.63) is 23.3 Å². The van der Waals surface area contributed by atoms with Crippen LogP contribution < -0.4 is 9.88 Å². The molecule has 6 heteroatoms. The maximum absolute atomic E-state index is 11.6. The zero-order valence-corrected chi connectivity index (χ0v) is 14.0. The Morgan fingerprint density at radius 1 is 1.24 bits per heavy atom. The second kappa shape index (κ2) is 7.77. The normalized spacial score (nSPS) is 11.9. The second-order valence-electron chi connectivity index (χ2n) is 5.25. The van der Waals surface area contributed by atoms with Crippen molar-refractivity contribution in [1.29, 1.82) is 0 Å². The van der Waals surface area contributed by atoms with Gasteiger partial charge in [0.2, 0.25) is 10.0 Å². The van der Waals surface area contributed by atoms with E-state index < -0.39 is 10.0 Å². The Morgan fingerprint density at radius 3 is 2.43 bits per heavy atom. The van der Waals surface area contributed by atoms with E-state index >= 15 is 0 Å². The summed E-state index contributed by atoms with van der Waals surface area (Å²) in [4.78, 5) is 0.160. The predicted octanol–water partition coefficient (Wildman–Crippen LogP) is 2.57. The van der Waals surface area contributed by atoms with Crippen LogP contribution in [-0.4, -0.2) is 28.2 Å². The van der Waals surface area contributed by atoms with Crippen LogP contribution in [0.25, 0.3) is 0 Å². The Bertz CT molecular complexity index is 567. The van der Waals surface area contributed by atoms with E-state index in [1.165, 1.54) is 0 Å². The molecule has 120 valence electrons. The number of aryl methyl sites for hydroxylation is 1. The highest BCUT2D eigenvalue weighted by Crippen LogP contribution is 2.31. The van der Waals surface area contributed by atoms with Gasteiger partial charge < -0.3 is 9.47 Å². The standard InChI is InChI=1S/C15H25NO4S/c1-5-19-7-6-8-20-14-9-12(4)15(21(16,17)18)10-13(14)11(2)3/h9-11H,5-8H2,1-4H3,(H2,16,17,18). The number of benzene rings is 1. The lowest BCUT2D eigenvalue weighted by Crippen LogP contribution is -2.15. The summed E-state index contributed by atoms with van der Waals surface area (Å²) in [6.07, 6.45) is 0.793. The molecule has 0 aromatic heterocycles. The number of hydrogen-bond donors (Lipinski definition) is 1. The third-order valence-corrected chi connectivity index (χ3v) is 4.18. The number of nitrogens with two attached hydrogens (primary N) is 1. The van der Waals surface area contributed by atoms with Gasteiger partial charge in [-0.15, -0.1) is 0 Å². The molecule has 0 atom stereocenters. The van der Waals surface area contributed by atoms with Gasteiger partial charge in [-0.3, -0.25) is 0 Å². The molecule has 5 nitrogen and oxygen atoms in total. The summed E-state index contributed by atoms with van der Waals surface area (Å²) in [6.45, 7) is 9.54. The molecule has 0 aliphatic carbocycles. The summed E-state index contributed by atoms with van der Waals surface area (Å²) in [6, 6.07) is 3.36. The van der Waals surface area contributed by atoms with Gasteiger partial charge in [-0.1, -0.05) is 13.8 Å². The lowest BCUT2D eigenvalue weighted by Gasteiger charge is -2.17. The van der Waals surface area contributed by atoms with E-state index in [0.717, 1.165) is 12.0 Å². The minimum Gasteiger partial charge on any atom is -0.493 e. The molecule has 21 heavy (non-hydrogen) atoms. The van der Waals surface area contributed by atoms with E-state index in [1.807, 2.05) is 20.8 Å². The van der Waals surface area contributed by atoms with Gasteiger partial charge in [0.1, 0.15) is 5.75 Å². The molecular formula is C15H25NO4S. The molecule has 0 saturated carbocycles. The maximum Gasteiger partial charge on any atom is 0.238 e. The van der Waals surface area contributed by atoms with Gasteiger partial charge in [0.15, 0.2) is 0 Å². The van der Waals surface area contributed by atoms with Crippen molar-refractivity contribution in [2.45, 2.75) is 44.9 Å². The molecule has 0 unspecified atom stereocenters.